The number of benzene rings is 1. The van der Waals surface area contributed by atoms with Crippen molar-refractivity contribution in [2.45, 2.75) is 46.0 Å². The van der Waals surface area contributed by atoms with Crippen molar-refractivity contribution < 1.29 is 4.79 Å². The third kappa shape index (κ3) is 2.74. The summed E-state index contributed by atoms with van der Waals surface area (Å²) in [6.45, 7) is 10.1. The minimum Gasteiger partial charge on any atom is -0.306 e. The lowest BCUT2D eigenvalue weighted by Crippen LogP contribution is -2.33. The zero-order valence-corrected chi connectivity index (χ0v) is 16.4. The Labute approximate surface area is 159 Å². The summed E-state index contributed by atoms with van der Waals surface area (Å²) in [4.78, 5) is 23.8. The Hall–Kier alpha value is -2.95. The number of pyridine rings is 1. The summed E-state index contributed by atoms with van der Waals surface area (Å²) in [5.41, 5.74) is 5.13. The van der Waals surface area contributed by atoms with Crippen molar-refractivity contribution in [3.8, 4) is 5.69 Å². The first-order chi connectivity index (χ1) is 12.8. The van der Waals surface area contributed by atoms with Crippen molar-refractivity contribution in [2.75, 3.05) is 4.90 Å². The molecule has 0 radical (unpaired) electrons. The Kier molecular flexibility index (Phi) is 3.91. The van der Waals surface area contributed by atoms with E-state index in [1.807, 2.05) is 50.0 Å². The van der Waals surface area contributed by atoms with E-state index < -0.39 is 5.41 Å². The first-order valence-corrected chi connectivity index (χ1v) is 9.25. The van der Waals surface area contributed by atoms with Crippen LogP contribution in [0.15, 0.2) is 49.1 Å². The standard InChI is InChI=1S/C22H24N4O/c1-14(2)19-12-25(13-24-19)16-8-9-18-20(10-16)26(21(27)22(18,4)5)17-7-6-15(3)23-11-17/h6-14H,1-5H3. The lowest BCUT2D eigenvalue weighted by molar-refractivity contribution is -0.121. The molecule has 1 aliphatic rings. The van der Waals surface area contributed by atoms with E-state index in [2.05, 4.69) is 42.0 Å². The second-order valence-corrected chi connectivity index (χ2v) is 7.99. The van der Waals surface area contributed by atoms with Crippen molar-refractivity contribution in [1.82, 2.24) is 14.5 Å². The fraction of sp³-hybridized carbons (Fsp3) is 0.318. The van der Waals surface area contributed by atoms with Gasteiger partial charge in [0, 0.05) is 17.6 Å². The number of aromatic nitrogens is 3. The van der Waals surface area contributed by atoms with Crippen LogP contribution < -0.4 is 4.90 Å². The number of anilines is 2. The SMILES string of the molecule is Cc1ccc(N2C(=O)C(C)(C)c3ccc(-n4cnc(C(C)C)c4)cc32)cn1. The van der Waals surface area contributed by atoms with Gasteiger partial charge in [-0.25, -0.2) is 4.98 Å². The van der Waals surface area contributed by atoms with Crippen molar-refractivity contribution >= 4 is 17.3 Å². The molecule has 0 N–H and O–H groups in total. The Balaban J connectivity index is 1.84. The predicted octanol–water partition coefficient (Wildman–Crippen LogP) is 4.66. The lowest BCUT2D eigenvalue weighted by Gasteiger charge is -2.20. The smallest absolute Gasteiger partial charge is 0.241 e. The van der Waals surface area contributed by atoms with Gasteiger partial charge in [-0.15, -0.1) is 0 Å². The van der Waals surface area contributed by atoms with Crippen molar-refractivity contribution in [3.63, 3.8) is 0 Å². The number of aryl methyl sites for hydroxylation is 1. The number of fused-ring (bicyclic) bond motifs is 1. The van der Waals surface area contributed by atoms with Gasteiger partial charge in [0.05, 0.1) is 35.0 Å². The maximum Gasteiger partial charge on any atom is 0.241 e. The largest absolute Gasteiger partial charge is 0.306 e. The molecule has 1 aromatic carbocycles. The van der Waals surface area contributed by atoms with Crippen molar-refractivity contribution in [2.24, 2.45) is 0 Å². The minimum absolute atomic E-state index is 0.0637. The lowest BCUT2D eigenvalue weighted by atomic mass is 9.86. The summed E-state index contributed by atoms with van der Waals surface area (Å²) in [6, 6.07) is 10.1. The van der Waals surface area contributed by atoms with E-state index in [9.17, 15) is 4.79 Å². The highest BCUT2D eigenvalue weighted by Gasteiger charge is 2.44. The molecule has 138 valence electrons. The van der Waals surface area contributed by atoms with Crippen LogP contribution in [0.3, 0.4) is 0 Å². The van der Waals surface area contributed by atoms with E-state index in [1.54, 1.807) is 11.1 Å². The van der Waals surface area contributed by atoms with Gasteiger partial charge in [-0.1, -0.05) is 19.9 Å². The van der Waals surface area contributed by atoms with Gasteiger partial charge < -0.3 is 4.57 Å². The van der Waals surface area contributed by atoms with Crippen molar-refractivity contribution in [3.05, 3.63) is 66.0 Å². The van der Waals surface area contributed by atoms with Crippen LogP contribution in [-0.4, -0.2) is 20.4 Å². The van der Waals surface area contributed by atoms with Crippen LogP contribution in [0.25, 0.3) is 5.69 Å². The van der Waals surface area contributed by atoms with Gasteiger partial charge >= 0.3 is 0 Å². The monoisotopic (exact) mass is 360 g/mol. The van der Waals surface area contributed by atoms with Gasteiger partial charge in [0.15, 0.2) is 0 Å². The Morgan fingerprint density at radius 2 is 1.78 bits per heavy atom. The van der Waals surface area contributed by atoms with Gasteiger partial charge in [0.2, 0.25) is 5.91 Å². The molecule has 0 unspecified atom stereocenters. The average molecular weight is 360 g/mol. The highest BCUT2D eigenvalue weighted by molar-refractivity contribution is 6.12. The molecule has 0 atom stereocenters. The quantitative estimate of drug-likeness (QED) is 0.683. The first kappa shape index (κ1) is 17.5. The molecule has 1 aliphatic heterocycles. The number of carbonyl (C=O) groups excluding carboxylic acids is 1. The molecule has 4 rings (SSSR count). The zero-order chi connectivity index (χ0) is 19.3. The molecule has 5 heteroatoms. The molecule has 3 heterocycles. The molecule has 0 saturated heterocycles. The van der Waals surface area contributed by atoms with Crippen LogP contribution in [0, 0.1) is 6.92 Å². The average Bonchev–Trinajstić information content (AvgIpc) is 3.20. The van der Waals surface area contributed by atoms with Crippen LogP contribution in [0.1, 0.15) is 50.6 Å². The molecule has 27 heavy (non-hydrogen) atoms. The molecule has 3 aromatic rings. The van der Waals surface area contributed by atoms with Crippen molar-refractivity contribution in [1.29, 1.82) is 0 Å². The molecule has 0 bridgehead atoms. The van der Waals surface area contributed by atoms with E-state index in [0.29, 0.717) is 5.92 Å². The maximum atomic E-state index is 13.2. The van der Waals surface area contributed by atoms with Gasteiger partial charge in [0.1, 0.15) is 0 Å². The second kappa shape index (κ2) is 6.05. The topological polar surface area (TPSA) is 51.0 Å². The summed E-state index contributed by atoms with van der Waals surface area (Å²) in [6.07, 6.45) is 5.64. The molecule has 0 spiro atoms. The summed E-state index contributed by atoms with van der Waals surface area (Å²) in [7, 11) is 0. The third-order valence-electron chi connectivity index (χ3n) is 5.28. The number of nitrogens with zero attached hydrogens (tertiary/aromatic N) is 4. The molecule has 2 aromatic heterocycles. The van der Waals surface area contributed by atoms with Crippen LogP contribution in [0.4, 0.5) is 11.4 Å². The van der Waals surface area contributed by atoms with Gasteiger partial charge in [-0.05, 0) is 56.5 Å². The maximum absolute atomic E-state index is 13.2. The van der Waals surface area contributed by atoms with Gasteiger partial charge in [-0.2, -0.15) is 0 Å². The van der Waals surface area contributed by atoms with E-state index >= 15 is 0 Å². The molecule has 1 amide bonds. The Morgan fingerprint density at radius 3 is 2.41 bits per heavy atom. The minimum atomic E-state index is -0.573. The van der Waals surface area contributed by atoms with E-state index in [-0.39, 0.29) is 5.91 Å². The van der Waals surface area contributed by atoms with Gasteiger partial charge in [-0.3, -0.25) is 14.7 Å². The van der Waals surface area contributed by atoms with E-state index in [1.165, 1.54) is 0 Å². The highest BCUT2D eigenvalue weighted by Crippen LogP contribution is 2.45. The number of rotatable bonds is 3. The fourth-order valence-electron chi connectivity index (χ4n) is 3.52. The van der Waals surface area contributed by atoms with E-state index in [4.69, 9.17) is 0 Å². The molecular formula is C22H24N4O. The highest BCUT2D eigenvalue weighted by atomic mass is 16.2. The number of hydrogen-bond acceptors (Lipinski definition) is 3. The first-order valence-electron chi connectivity index (χ1n) is 9.25. The number of carbonyl (C=O) groups is 1. The summed E-state index contributed by atoms with van der Waals surface area (Å²) < 4.78 is 2.01. The van der Waals surface area contributed by atoms with Crippen LogP contribution in [0.2, 0.25) is 0 Å². The second-order valence-electron chi connectivity index (χ2n) is 7.99. The van der Waals surface area contributed by atoms with Crippen LogP contribution in [0.5, 0.6) is 0 Å². The number of imidazole rings is 1. The molecule has 0 saturated carbocycles. The normalized spacial score (nSPS) is 15.5. The predicted molar refractivity (Wildman–Crippen MR) is 107 cm³/mol. The fourth-order valence-corrected chi connectivity index (χ4v) is 3.52. The molecule has 5 nitrogen and oxygen atoms in total. The zero-order valence-electron chi connectivity index (χ0n) is 16.4. The summed E-state index contributed by atoms with van der Waals surface area (Å²) in [5, 5.41) is 0. The van der Waals surface area contributed by atoms with Crippen LogP contribution >= 0.6 is 0 Å². The molecule has 0 fully saturated rings. The third-order valence-corrected chi connectivity index (χ3v) is 5.28. The number of amides is 1. The molecule has 0 aliphatic carbocycles. The summed E-state index contributed by atoms with van der Waals surface area (Å²) in [5.74, 6) is 0.435. The van der Waals surface area contributed by atoms with E-state index in [0.717, 1.165) is 34.0 Å². The Bertz CT molecular complexity index is 1020. The van der Waals surface area contributed by atoms with Gasteiger partial charge in [0.25, 0.3) is 0 Å². The number of hydrogen-bond donors (Lipinski definition) is 0. The van der Waals surface area contributed by atoms with Crippen LogP contribution in [-0.2, 0) is 10.2 Å². The summed E-state index contributed by atoms with van der Waals surface area (Å²) >= 11 is 0. The Morgan fingerprint density at radius 1 is 1.04 bits per heavy atom. The molecular weight excluding hydrogens is 336 g/mol.